The van der Waals surface area contributed by atoms with Gasteiger partial charge in [-0.05, 0) is 24.2 Å². The predicted octanol–water partition coefficient (Wildman–Crippen LogP) is 5.68. The Kier molecular flexibility index (Phi) is 5.61. The van der Waals surface area contributed by atoms with Gasteiger partial charge in [-0.3, -0.25) is 0 Å². The Balaban J connectivity index is 1.75. The number of thiazole rings is 1. The van der Waals surface area contributed by atoms with Crippen molar-refractivity contribution >= 4 is 52.3 Å². The highest BCUT2D eigenvalue weighted by Crippen LogP contribution is 2.38. The maximum Gasteiger partial charge on any atom is 0.162 e. The van der Waals surface area contributed by atoms with E-state index in [9.17, 15) is 0 Å². The van der Waals surface area contributed by atoms with Gasteiger partial charge in [-0.2, -0.15) is 5.10 Å². The Morgan fingerprint density at radius 2 is 2.03 bits per heavy atom. The van der Waals surface area contributed by atoms with Crippen LogP contribution in [-0.4, -0.2) is 41.5 Å². The summed E-state index contributed by atoms with van der Waals surface area (Å²) in [5, 5.41) is 6.16. The number of fused-ring (bicyclic) bond motifs is 2. The van der Waals surface area contributed by atoms with Crippen LogP contribution in [0.4, 0.5) is 0 Å². The first-order chi connectivity index (χ1) is 13.9. The molecule has 0 aliphatic rings. The molecule has 4 aromatic rings. The number of aromatic nitrogens is 4. The van der Waals surface area contributed by atoms with Gasteiger partial charge >= 0.3 is 0 Å². The molecule has 0 spiro atoms. The molecule has 3 aromatic heterocycles. The second kappa shape index (κ2) is 8.02. The van der Waals surface area contributed by atoms with E-state index in [2.05, 4.69) is 35.7 Å². The van der Waals surface area contributed by atoms with Gasteiger partial charge in [0.2, 0.25) is 0 Å². The van der Waals surface area contributed by atoms with E-state index in [0.717, 1.165) is 38.7 Å². The van der Waals surface area contributed by atoms with Gasteiger partial charge in [0.15, 0.2) is 5.65 Å². The third-order valence-corrected chi connectivity index (χ3v) is 7.39. The molecule has 3 heterocycles. The zero-order chi connectivity index (χ0) is 20.6. The van der Waals surface area contributed by atoms with E-state index in [0.29, 0.717) is 24.1 Å². The van der Waals surface area contributed by atoms with Crippen molar-refractivity contribution in [1.29, 1.82) is 0 Å². The summed E-state index contributed by atoms with van der Waals surface area (Å²) in [6.07, 6.45) is 0. The molecule has 9 heteroatoms. The molecule has 4 rings (SSSR count). The molecule has 152 valence electrons. The van der Waals surface area contributed by atoms with Crippen molar-refractivity contribution in [2.45, 2.75) is 32.4 Å². The third kappa shape index (κ3) is 4.30. The number of benzene rings is 1. The van der Waals surface area contributed by atoms with E-state index in [1.54, 1.807) is 29.2 Å². The molecule has 0 saturated carbocycles. The predicted molar refractivity (Wildman–Crippen MR) is 122 cm³/mol. The third-order valence-electron chi connectivity index (χ3n) is 4.68. The summed E-state index contributed by atoms with van der Waals surface area (Å²) in [5.41, 5.74) is 5.14. The molecule has 0 aliphatic heterocycles. The molecular weight excluding hydrogens is 424 g/mol. The number of pyridine rings is 1. The fourth-order valence-electron chi connectivity index (χ4n) is 3.09. The van der Waals surface area contributed by atoms with E-state index in [1.165, 1.54) is 0 Å². The van der Waals surface area contributed by atoms with E-state index in [1.807, 2.05) is 17.6 Å². The van der Waals surface area contributed by atoms with E-state index < -0.39 is 8.07 Å². The number of methoxy groups -OCH3 is 1. The highest BCUT2D eigenvalue weighted by atomic mass is 35.5. The molecule has 0 amide bonds. The Morgan fingerprint density at radius 3 is 2.79 bits per heavy atom. The summed E-state index contributed by atoms with van der Waals surface area (Å²) in [6.45, 7) is 8.05. The molecule has 0 bridgehead atoms. The number of hydrogen-bond acceptors (Lipinski definition) is 6. The van der Waals surface area contributed by atoms with Crippen LogP contribution in [0.2, 0.25) is 30.8 Å². The van der Waals surface area contributed by atoms with Gasteiger partial charge in [-0.1, -0.05) is 31.2 Å². The highest BCUT2D eigenvalue weighted by molar-refractivity contribution is 7.16. The molecule has 0 unspecified atom stereocenters. The Hall–Kier alpha value is -2.00. The Bertz CT molecular complexity index is 1170. The lowest BCUT2D eigenvalue weighted by Crippen LogP contribution is -2.22. The first kappa shape index (κ1) is 20.3. The van der Waals surface area contributed by atoms with Crippen molar-refractivity contribution in [3.8, 4) is 17.0 Å². The number of nitrogens with zero attached hydrogens (tertiary/aromatic N) is 4. The minimum absolute atomic E-state index is 0.333. The largest absolute Gasteiger partial charge is 0.496 e. The van der Waals surface area contributed by atoms with Gasteiger partial charge in [0, 0.05) is 31.7 Å². The number of ether oxygens (including phenoxy) is 2. The molecule has 1 aromatic carbocycles. The average molecular weight is 447 g/mol. The highest BCUT2D eigenvalue weighted by Gasteiger charge is 2.19. The summed E-state index contributed by atoms with van der Waals surface area (Å²) < 4.78 is 14.4. The van der Waals surface area contributed by atoms with E-state index in [-0.39, 0.29) is 0 Å². The summed E-state index contributed by atoms with van der Waals surface area (Å²) in [7, 11) is 0.508. The molecule has 0 atom stereocenters. The minimum Gasteiger partial charge on any atom is -0.496 e. The Morgan fingerprint density at radius 1 is 1.21 bits per heavy atom. The monoisotopic (exact) mass is 446 g/mol. The standard InChI is InChI=1S/C20H23ClN4O2SSi/c1-26-16-10-15-17(28-11-22-15)9-14(16)19-13-5-6-18(21)23-20(13)25(24-19)12-27-7-8-29(2,3)4/h5-6,9-11H,7-8,12H2,1-4H3. The molecule has 0 radical (unpaired) electrons. The van der Waals surface area contributed by atoms with Gasteiger partial charge < -0.3 is 9.47 Å². The number of rotatable bonds is 7. The van der Waals surface area contributed by atoms with Crippen LogP contribution in [0.3, 0.4) is 0 Å². The molecule has 6 nitrogen and oxygen atoms in total. The first-order valence-corrected chi connectivity index (χ1v) is 14.3. The van der Waals surface area contributed by atoms with Crippen LogP contribution < -0.4 is 4.74 Å². The minimum atomic E-state index is -1.15. The normalized spacial score (nSPS) is 12.2. The summed E-state index contributed by atoms with van der Waals surface area (Å²) in [4.78, 5) is 8.88. The van der Waals surface area contributed by atoms with Crippen molar-refractivity contribution in [2.75, 3.05) is 13.7 Å². The second-order valence-corrected chi connectivity index (χ2v) is 15.0. The van der Waals surface area contributed by atoms with Crippen molar-refractivity contribution in [2.24, 2.45) is 0 Å². The summed E-state index contributed by atoms with van der Waals surface area (Å²) in [6, 6.07) is 8.84. The summed E-state index contributed by atoms with van der Waals surface area (Å²) in [5.74, 6) is 0.726. The van der Waals surface area contributed by atoms with Crippen LogP contribution in [-0.2, 0) is 11.5 Å². The zero-order valence-corrected chi connectivity index (χ0v) is 19.5. The van der Waals surface area contributed by atoms with Gasteiger partial charge in [0.1, 0.15) is 23.3 Å². The maximum atomic E-state index is 6.17. The summed E-state index contributed by atoms with van der Waals surface area (Å²) >= 11 is 7.76. The van der Waals surface area contributed by atoms with Crippen molar-refractivity contribution in [1.82, 2.24) is 19.7 Å². The Labute approximate surface area is 179 Å². The molecular formula is C20H23ClN4O2SSi. The van der Waals surface area contributed by atoms with Crippen molar-refractivity contribution < 1.29 is 9.47 Å². The average Bonchev–Trinajstić information content (AvgIpc) is 3.27. The number of hydrogen-bond donors (Lipinski definition) is 0. The van der Waals surface area contributed by atoms with Crippen LogP contribution in [0.1, 0.15) is 0 Å². The van der Waals surface area contributed by atoms with E-state index >= 15 is 0 Å². The van der Waals surface area contributed by atoms with Crippen molar-refractivity contribution in [3.05, 3.63) is 34.9 Å². The van der Waals surface area contributed by atoms with Crippen LogP contribution in [0.5, 0.6) is 5.75 Å². The fraction of sp³-hybridized carbons (Fsp3) is 0.350. The lowest BCUT2D eigenvalue weighted by molar-refractivity contribution is 0.0814. The SMILES string of the molecule is COc1cc2ncsc2cc1-c1nn(COCC[Si](C)(C)C)c2nc(Cl)ccc12. The zero-order valence-electron chi connectivity index (χ0n) is 16.9. The molecule has 0 aliphatic carbocycles. The lowest BCUT2D eigenvalue weighted by atomic mass is 10.1. The lowest BCUT2D eigenvalue weighted by Gasteiger charge is -2.15. The molecule has 0 N–H and O–H groups in total. The maximum absolute atomic E-state index is 6.17. The van der Waals surface area contributed by atoms with Gasteiger partial charge in [-0.25, -0.2) is 14.6 Å². The van der Waals surface area contributed by atoms with Crippen LogP contribution in [0.25, 0.3) is 32.5 Å². The van der Waals surface area contributed by atoms with Crippen LogP contribution in [0.15, 0.2) is 29.8 Å². The van der Waals surface area contributed by atoms with Gasteiger partial charge in [0.05, 0.1) is 22.8 Å². The van der Waals surface area contributed by atoms with E-state index in [4.69, 9.17) is 26.2 Å². The molecule has 0 fully saturated rings. The first-order valence-electron chi connectivity index (χ1n) is 9.38. The fourth-order valence-corrected chi connectivity index (χ4v) is 4.68. The topological polar surface area (TPSA) is 62.1 Å². The van der Waals surface area contributed by atoms with Crippen LogP contribution >= 0.6 is 22.9 Å². The smallest absolute Gasteiger partial charge is 0.162 e. The van der Waals surface area contributed by atoms with Crippen molar-refractivity contribution in [3.63, 3.8) is 0 Å². The molecule has 29 heavy (non-hydrogen) atoms. The second-order valence-electron chi connectivity index (χ2n) is 8.07. The molecule has 0 saturated heterocycles. The van der Waals surface area contributed by atoms with Gasteiger partial charge in [0.25, 0.3) is 0 Å². The number of halogens is 1. The quantitative estimate of drug-likeness (QED) is 0.207. The van der Waals surface area contributed by atoms with Gasteiger partial charge in [-0.15, -0.1) is 11.3 Å². The van der Waals surface area contributed by atoms with Crippen LogP contribution in [0, 0.1) is 0 Å².